The first-order valence-electron chi connectivity index (χ1n) is 7.06. The Morgan fingerprint density at radius 1 is 1.55 bits per heavy atom. The molecule has 0 spiro atoms. The second-order valence-corrected chi connectivity index (χ2v) is 5.31. The van der Waals surface area contributed by atoms with Gasteiger partial charge in [0.1, 0.15) is 5.69 Å². The Kier molecular flexibility index (Phi) is 4.67. The van der Waals surface area contributed by atoms with Crippen molar-refractivity contribution >= 4 is 11.6 Å². The van der Waals surface area contributed by atoms with Gasteiger partial charge in [-0.15, -0.1) is 0 Å². The molecule has 1 saturated heterocycles. The summed E-state index contributed by atoms with van der Waals surface area (Å²) < 4.78 is 7.45. The van der Waals surface area contributed by atoms with Gasteiger partial charge < -0.3 is 25.0 Å². The van der Waals surface area contributed by atoms with Crippen molar-refractivity contribution in [2.45, 2.75) is 39.0 Å². The summed E-state index contributed by atoms with van der Waals surface area (Å²) in [7, 11) is 0. The third-order valence-corrected chi connectivity index (χ3v) is 3.42. The van der Waals surface area contributed by atoms with Crippen molar-refractivity contribution in [2.24, 2.45) is 0 Å². The summed E-state index contributed by atoms with van der Waals surface area (Å²) in [6, 6.07) is 1.71. The highest BCUT2D eigenvalue weighted by atomic mass is 16.5. The van der Waals surface area contributed by atoms with E-state index in [1.54, 1.807) is 17.2 Å². The normalized spacial score (nSPS) is 23.1. The Morgan fingerprint density at radius 3 is 2.95 bits per heavy atom. The topological polar surface area (TPSA) is 80.7 Å². The first kappa shape index (κ1) is 14.9. The average Bonchev–Trinajstić information content (AvgIpc) is 2.78. The summed E-state index contributed by atoms with van der Waals surface area (Å²) in [4.78, 5) is 14.4. The molecule has 1 aromatic heterocycles. The minimum atomic E-state index is -0.311. The van der Waals surface area contributed by atoms with Gasteiger partial charge in [0.2, 0.25) is 0 Å². The van der Waals surface area contributed by atoms with Crippen LogP contribution in [0.1, 0.15) is 30.8 Å². The number of nitrogens with zero attached hydrogens (tertiary/aromatic N) is 2. The molecule has 0 saturated carbocycles. The van der Waals surface area contributed by atoms with E-state index in [9.17, 15) is 9.90 Å². The molecular formula is C14H23N3O3. The summed E-state index contributed by atoms with van der Waals surface area (Å²) in [5, 5.41) is 9.23. The van der Waals surface area contributed by atoms with Crippen LogP contribution in [0.25, 0.3) is 0 Å². The number of nitrogen functional groups attached to an aromatic ring is 1. The van der Waals surface area contributed by atoms with Gasteiger partial charge in [0.25, 0.3) is 5.91 Å². The molecular weight excluding hydrogens is 258 g/mol. The maximum atomic E-state index is 12.6. The van der Waals surface area contributed by atoms with Crippen LogP contribution in [0.2, 0.25) is 0 Å². The van der Waals surface area contributed by atoms with E-state index >= 15 is 0 Å². The van der Waals surface area contributed by atoms with E-state index in [4.69, 9.17) is 10.5 Å². The number of aryl methyl sites for hydroxylation is 1. The predicted molar refractivity (Wildman–Crippen MR) is 76.5 cm³/mol. The lowest BCUT2D eigenvalue weighted by Gasteiger charge is -2.36. The number of morpholine rings is 1. The van der Waals surface area contributed by atoms with Gasteiger partial charge in [0.05, 0.1) is 24.5 Å². The van der Waals surface area contributed by atoms with E-state index in [0.29, 0.717) is 24.5 Å². The van der Waals surface area contributed by atoms with Gasteiger partial charge in [0.15, 0.2) is 0 Å². The third kappa shape index (κ3) is 3.13. The van der Waals surface area contributed by atoms with Crippen molar-refractivity contribution in [2.75, 3.05) is 25.4 Å². The van der Waals surface area contributed by atoms with E-state index in [2.05, 4.69) is 6.92 Å². The summed E-state index contributed by atoms with van der Waals surface area (Å²) in [6.45, 7) is 5.60. The van der Waals surface area contributed by atoms with Crippen LogP contribution < -0.4 is 5.73 Å². The lowest BCUT2D eigenvalue weighted by molar-refractivity contribution is -0.0860. The van der Waals surface area contributed by atoms with Gasteiger partial charge in [-0.1, -0.05) is 6.92 Å². The number of aliphatic hydroxyl groups excluding tert-OH is 1. The minimum Gasteiger partial charge on any atom is -0.397 e. The molecule has 20 heavy (non-hydrogen) atoms. The predicted octanol–water partition coefficient (Wildman–Crippen LogP) is 0.702. The smallest absolute Gasteiger partial charge is 0.270 e. The molecule has 1 fully saturated rings. The highest BCUT2D eigenvalue weighted by molar-refractivity contribution is 5.94. The summed E-state index contributed by atoms with van der Waals surface area (Å²) in [6.07, 6.45) is 2.35. The van der Waals surface area contributed by atoms with Crippen molar-refractivity contribution in [3.05, 3.63) is 18.0 Å². The fourth-order valence-electron chi connectivity index (χ4n) is 2.61. The molecule has 6 heteroatoms. The molecule has 1 aliphatic heterocycles. The molecule has 0 aromatic carbocycles. The van der Waals surface area contributed by atoms with Crippen LogP contribution in [0.15, 0.2) is 12.3 Å². The monoisotopic (exact) mass is 281 g/mol. The number of hydrogen-bond acceptors (Lipinski definition) is 4. The highest BCUT2D eigenvalue weighted by Crippen LogP contribution is 2.18. The molecule has 0 bridgehead atoms. The molecule has 0 radical (unpaired) electrons. The van der Waals surface area contributed by atoms with Crippen LogP contribution in [0.4, 0.5) is 5.69 Å². The van der Waals surface area contributed by atoms with Crippen molar-refractivity contribution in [1.29, 1.82) is 0 Å². The quantitative estimate of drug-likeness (QED) is 0.851. The van der Waals surface area contributed by atoms with Crippen LogP contribution in [0, 0.1) is 0 Å². The van der Waals surface area contributed by atoms with E-state index in [1.165, 1.54) is 0 Å². The Morgan fingerprint density at radius 2 is 2.30 bits per heavy atom. The molecule has 3 N–H and O–H groups in total. The van der Waals surface area contributed by atoms with Crippen molar-refractivity contribution in [3.63, 3.8) is 0 Å². The number of hydrogen-bond donors (Lipinski definition) is 2. The molecule has 1 amide bonds. The third-order valence-electron chi connectivity index (χ3n) is 3.42. The van der Waals surface area contributed by atoms with Crippen LogP contribution in [0.3, 0.4) is 0 Å². The Labute approximate surface area is 119 Å². The van der Waals surface area contributed by atoms with Crippen LogP contribution in [0.5, 0.6) is 0 Å². The molecule has 2 atom stereocenters. The Balaban J connectivity index is 2.17. The largest absolute Gasteiger partial charge is 0.397 e. The summed E-state index contributed by atoms with van der Waals surface area (Å²) >= 11 is 0. The van der Waals surface area contributed by atoms with E-state index in [1.807, 2.05) is 11.5 Å². The highest BCUT2D eigenvalue weighted by Gasteiger charge is 2.29. The summed E-state index contributed by atoms with van der Waals surface area (Å²) in [5.74, 6) is -0.0521. The molecule has 2 heterocycles. The van der Waals surface area contributed by atoms with Crippen molar-refractivity contribution in [3.8, 4) is 0 Å². The molecule has 6 nitrogen and oxygen atoms in total. The molecule has 2 unspecified atom stereocenters. The second-order valence-electron chi connectivity index (χ2n) is 5.31. The fourth-order valence-corrected chi connectivity index (χ4v) is 2.61. The molecule has 1 aromatic rings. The zero-order valence-electron chi connectivity index (χ0n) is 12.1. The first-order chi connectivity index (χ1) is 9.55. The maximum Gasteiger partial charge on any atom is 0.270 e. The number of aliphatic hydroxyl groups is 1. The maximum absolute atomic E-state index is 12.6. The number of rotatable bonds is 4. The molecule has 2 rings (SSSR count). The molecule has 0 aliphatic carbocycles. The van der Waals surface area contributed by atoms with E-state index < -0.39 is 0 Å². The number of ether oxygens (including phenoxy) is 1. The number of amides is 1. The van der Waals surface area contributed by atoms with Crippen LogP contribution in [-0.4, -0.2) is 52.4 Å². The van der Waals surface area contributed by atoms with Gasteiger partial charge in [-0.2, -0.15) is 0 Å². The van der Waals surface area contributed by atoms with Gasteiger partial charge in [-0.25, -0.2) is 0 Å². The van der Waals surface area contributed by atoms with Gasteiger partial charge in [0, 0.05) is 25.8 Å². The number of anilines is 1. The first-order valence-corrected chi connectivity index (χ1v) is 7.06. The second kappa shape index (κ2) is 6.28. The lowest BCUT2D eigenvalue weighted by Crippen LogP contribution is -2.50. The zero-order chi connectivity index (χ0) is 14.7. The van der Waals surface area contributed by atoms with E-state index in [0.717, 1.165) is 13.0 Å². The Hall–Kier alpha value is -1.53. The lowest BCUT2D eigenvalue weighted by atomic mass is 10.2. The molecule has 112 valence electrons. The standard InChI is InChI=1S/C14H23N3O3/c1-3-4-16-7-11(15)5-13(16)14(19)17-6-10(2)20-12(8-17)9-18/h5,7,10,12,18H,3-4,6,8-9,15H2,1-2H3. The zero-order valence-corrected chi connectivity index (χ0v) is 12.1. The number of nitrogens with two attached hydrogens (primary N) is 1. The number of carbonyl (C=O) groups is 1. The van der Waals surface area contributed by atoms with Gasteiger partial charge >= 0.3 is 0 Å². The number of carbonyl (C=O) groups excluding carboxylic acids is 1. The fraction of sp³-hybridized carbons (Fsp3) is 0.643. The van der Waals surface area contributed by atoms with E-state index in [-0.39, 0.29) is 24.7 Å². The van der Waals surface area contributed by atoms with Crippen molar-refractivity contribution in [1.82, 2.24) is 9.47 Å². The number of aromatic nitrogens is 1. The van der Waals surface area contributed by atoms with Crippen molar-refractivity contribution < 1.29 is 14.6 Å². The Bertz CT molecular complexity index is 472. The molecule has 1 aliphatic rings. The SMILES string of the molecule is CCCn1cc(N)cc1C(=O)N1CC(C)OC(CO)C1. The van der Waals surface area contributed by atoms with Gasteiger partial charge in [-0.05, 0) is 19.4 Å². The average molecular weight is 281 g/mol. The van der Waals surface area contributed by atoms with Gasteiger partial charge in [-0.3, -0.25) is 4.79 Å². The summed E-state index contributed by atoms with van der Waals surface area (Å²) in [5.41, 5.74) is 7.01. The minimum absolute atomic E-state index is 0.0521. The van der Waals surface area contributed by atoms with Crippen LogP contribution in [-0.2, 0) is 11.3 Å². The van der Waals surface area contributed by atoms with Crippen LogP contribution >= 0.6 is 0 Å².